The number of nitrogens with one attached hydrogen (secondary N) is 1. The lowest BCUT2D eigenvalue weighted by atomic mass is 9.99. The molecule has 1 fully saturated rings. The SMILES string of the molecule is CC(C)(C)Oc1ccccc1C(=O)C1CCCCC(=O)N1. The van der Waals surface area contributed by atoms with Crippen molar-refractivity contribution in [3.8, 4) is 5.75 Å². The van der Waals surface area contributed by atoms with Crippen LogP contribution in [0.1, 0.15) is 56.8 Å². The highest BCUT2D eigenvalue weighted by atomic mass is 16.5. The zero-order valence-corrected chi connectivity index (χ0v) is 12.9. The lowest BCUT2D eigenvalue weighted by molar-refractivity contribution is -0.121. The highest BCUT2D eigenvalue weighted by Gasteiger charge is 2.27. The number of carbonyl (C=O) groups excluding carboxylic acids is 2. The number of Topliss-reactive ketones (excluding diaryl/α,β-unsaturated/α-hetero) is 1. The first-order valence-electron chi connectivity index (χ1n) is 7.48. The molecular weight excluding hydrogens is 266 g/mol. The number of ether oxygens (including phenoxy) is 1. The summed E-state index contributed by atoms with van der Waals surface area (Å²) in [5.74, 6) is 0.471. The number of carbonyl (C=O) groups is 2. The van der Waals surface area contributed by atoms with Crippen LogP contribution in [-0.4, -0.2) is 23.3 Å². The zero-order valence-electron chi connectivity index (χ0n) is 12.9. The smallest absolute Gasteiger partial charge is 0.220 e. The van der Waals surface area contributed by atoms with Gasteiger partial charge in [-0.25, -0.2) is 0 Å². The Balaban J connectivity index is 2.24. The third-order valence-electron chi connectivity index (χ3n) is 3.37. The van der Waals surface area contributed by atoms with Gasteiger partial charge in [-0.3, -0.25) is 9.59 Å². The fraction of sp³-hybridized carbons (Fsp3) is 0.529. The second-order valence-electron chi connectivity index (χ2n) is 6.44. The van der Waals surface area contributed by atoms with Gasteiger partial charge in [0.2, 0.25) is 5.91 Å². The first-order valence-corrected chi connectivity index (χ1v) is 7.48. The monoisotopic (exact) mass is 289 g/mol. The second kappa shape index (κ2) is 6.29. The minimum atomic E-state index is -0.440. The molecule has 0 radical (unpaired) electrons. The van der Waals surface area contributed by atoms with Crippen molar-refractivity contribution < 1.29 is 14.3 Å². The fourth-order valence-corrected chi connectivity index (χ4v) is 2.45. The number of rotatable bonds is 3. The summed E-state index contributed by atoms with van der Waals surface area (Å²) in [5, 5.41) is 2.82. The first kappa shape index (κ1) is 15.5. The van der Waals surface area contributed by atoms with E-state index in [-0.39, 0.29) is 17.3 Å². The molecule has 1 amide bonds. The minimum absolute atomic E-state index is 0.0416. The van der Waals surface area contributed by atoms with Gasteiger partial charge in [0.15, 0.2) is 5.78 Å². The normalized spacial score (nSPS) is 19.6. The van der Waals surface area contributed by atoms with Gasteiger partial charge in [-0.15, -0.1) is 0 Å². The van der Waals surface area contributed by atoms with E-state index in [1.54, 1.807) is 12.1 Å². The highest BCUT2D eigenvalue weighted by molar-refractivity contribution is 6.04. The van der Waals surface area contributed by atoms with Crippen LogP contribution in [-0.2, 0) is 4.79 Å². The number of hydrogen-bond donors (Lipinski definition) is 1. The van der Waals surface area contributed by atoms with Gasteiger partial charge >= 0.3 is 0 Å². The molecule has 0 aliphatic carbocycles. The molecule has 1 heterocycles. The summed E-state index contributed by atoms with van der Waals surface area (Å²) >= 11 is 0. The zero-order chi connectivity index (χ0) is 15.5. The van der Waals surface area contributed by atoms with E-state index in [0.717, 1.165) is 12.8 Å². The minimum Gasteiger partial charge on any atom is -0.487 e. The lowest BCUT2D eigenvalue weighted by Crippen LogP contribution is -2.39. The number of benzene rings is 1. The van der Waals surface area contributed by atoms with E-state index in [4.69, 9.17) is 4.74 Å². The quantitative estimate of drug-likeness (QED) is 0.870. The molecule has 1 aromatic rings. The molecule has 1 unspecified atom stereocenters. The first-order chi connectivity index (χ1) is 9.87. The van der Waals surface area contributed by atoms with Crippen molar-refractivity contribution in [3.63, 3.8) is 0 Å². The van der Waals surface area contributed by atoms with Gasteiger partial charge in [-0.1, -0.05) is 18.6 Å². The molecule has 4 heteroatoms. The van der Waals surface area contributed by atoms with Crippen LogP contribution in [0.4, 0.5) is 0 Å². The van der Waals surface area contributed by atoms with Gasteiger partial charge in [0.05, 0.1) is 11.6 Å². The van der Waals surface area contributed by atoms with Crippen molar-refractivity contribution in [2.45, 2.75) is 58.1 Å². The molecule has 0 bridgehead atoms. The Labute approximate surface area is 125 Å². The van der Waals surface area contributed by atoms with Crippen molar-refractivity contribution in [2.24, 2.45) is 0 Å². The summed E-state index contributed by atoms with van der Waals surface area (Å²) in [6, 6.07) is 6.80. The van der Waals surface area contributed by atoms with E-state index >= 15 is 0 Å². The van der Waals surface area contributed by atoms with Crippen LogP contribution in [0.5, 0.6) is 5.75 Å². The summed E-state index contributed by atoms with van der Waals surface area (Å²) < 4.78 is 5.87. The van der Waals surface area contributed by atoms with E-state index in [1.807, 2.05) is 32.9 Å². The molecule has 0 saturated carbocycles. The molecule has 0 aromatic heterocycles. The number of ketones is 1. The number of hydrogen-bond acceptors (Lipinski definition) is 3. The topological polar surface area (TPSA) is 55.4 Å². The average molecular weight is 289 g/mol. The largest absolute Gasteiger partial charge is 0.487 e. The lowest BCUT2D eigenvalue weighted by Gasteiger charge is -2.24. The Morgan fingerprint density at radius 3 is 2.67 bits per heavy atom. The Bertz CT molecular complexity index is 531. The summed E-state index contributed by atoms with van der Waals surface area (Å²) in [4.78, 5) is 24.4. The second-order valence-corrected chi connectivity index (χ2v) is 6.44. The van der Waals surface area contributed by atoms with Gasteiger partial charge in [-0.05, 0) is 45.7 Å². The van der Waals surface area contributed by atoms with Crippen molar-refractivity contribution >= 4 is 11.7 Å². The molecule has 114 valence electrons. The molecule has 4 nitrogen and oxygen atoms in total. The Hall–Kier alpha value is -1.84. The maximum Gasteiger partial charge on any atom is 0.220 e. The maximum absolute atomic E-state index is 12.7. The van der Waals surface area contributed by atoms with Crippen LogP contribution in [0, 0.1) is 0 Å². The van der Waals surface area contributed by atoms with Gasteiger partial charge in [-0.2, -0.15) is 0 Å². The van der Waals surface area contributed by atoms with E-state index in [0.29, 0.717) is 24.2 Å². The third kappa shape index (κ3) is 4.31. The standard InChI is InChI=1S/C17H23NO3/c1-17(2,3)21-14-10-6-4-8-12(14)16(20)13-9-5-7-11-15(19)18-13/h4,6,8,10,13H,5,7,9,11H2,1-3H3,(H,18,19). The summed E-state index contributed by atoms with van der Waals surface area (Å²) in [6.45, 7) is 5.84. The molecule has 1 aliphatic rings. The third-order valence-corrected chi connectivity index (χ3v) is 3.37. The van der Waals surface area contributed by atoms with Gasteiger partial charge < -0.3 is 10.1 Å². The van der Waals surface area contributed by atoms with Gasteiger partial charge in [0.25, 0.3) is 0 Å². The molecule has 2 rings (SSSR count). The summed E-state index contributed by atoms with van der Waals surface area (Å²) in [7, 11) is 0. The predicted molar refractivity (Wildman–Crippen MR) is 81.6 cm³/mol. The van der Waals surface area contributed by atoms with Crippen molar-refractivity contribution in [3.05, 3.63) is 29.8 Å². The van der Waals surface area contributed by atoms with Crippen LogP contribution in [0.15, 0.2) is 24.3 Å². The molecule has 1 aromatic carbocycles. The molecule has 1 aliphatic heterocycles. The van der Waals surface area contributed by atoms with E-state index in [1.165, 1.54) is 0 Å². The van der Waals surface area contributed by atoms with E-state index < -0.39 is 6.04 Å². The van der Waals surface area contributed by atoms with Crippen molar-refractivity contribution in [1.82, 2.24) is 5.32 Å². The van der Waals surface area contributed by atoms with Crippen LogP contribution in [0.25, 0.3) is 0 Å². The van der Waals surface area contributed by atoms with E-state index in [2.05, 4.69) is 5.32 Å². The van der Waals surface area contributed by atoms with Gasteiger partial charge in [0, 0.05) is 6.42 Å². The summed E-state index contributed by atoms with van der Waals surface area (Å²) in [6.07, 6.45) is 2.92. The Kier molecular flexibility index (Phi) is 4.66. The molecule has 1 atom stereocenters. The number of para-hydroxylation sites is 1. The summed E-state index contributed by atoms with van der Waals surface area (Å²) in [5.41, 5.74) is 0.169. The molecule has 1 saturated heterocycles. The van der Waals surface area contributed by atoms with Gasteiger partial charge in [0.1, 0.15) is 11.4 Å². The molecule has 21 heavy (non-hydrogen) atoms. The van der Waals surface area contributed by atoms with Crippen molar-refractivity contribution in [2.75, 3.05) is 0 Å². The van der Waals surface area contributed by atoms with Crippen LogP contribution in [0.2, 0.25) is 0 Å². The van der Waals surface area contributed by atoms with Crippen LogP contribution in [0.3, 0.4) is 0 Å². The Morgan fingerprint density at radius 2 is 1.95 bits per heavy atom. The maximum atomic E-state index is 12.7. The van der Waals surface area contributed by atoms with Crippen LogP contribution < -0.4 is 10.1 Å². The molecule has 1 N–H and O–H groups in total. The Morgan fingerprint density at radius 1 is 1.24 bits per heavy atom. The fourth-order valence-electron chi connectivity index (χ4n) is 2.45. The highest BCUT2D eigenvalue weighted by Crippen LogP contribution is 2.25. The van der Waals surface area contributed by atoms with E-state index in [9.17, 15) is 9.59 Å². The van der Waals surface area contributed by atoms with Crippen molar-refractivity contribution in [1.29, 1.82) is 0 Å². The molecule has 0 spiro atoms. The average Bonchev–Trinajstić information content (AvgIpc) is 2.61. The predicted octanol–water partition coefficient (Wildman–Crippen LogP) is 3.11. The van der Waals surface area contributed by atoms with Crippen LogP contribution >= 0.6 is 0 Å². The number of amides is 1. The molecular formula is C17H23NO3.